The number of carbonyl (C=O) groups excluding carboxylic acids is 1. The Hall–Kier alpha value is -1.31. The molecule has 2 rings (SSSR count). The predicted molar refractivity (Wildman–Crippen MR) is 59.0 cm³/mol. The third kappa shape index (κ3) is 2.58. The quantitative estimate of drug-likeness (QED) is 0.756. The van der Waals surface area contributed by atoms with E-state index in [2.05, 4.69) is 12.1 Å². The highest BCUT2D eigenvalue weighted by Crippen LogP contribution is 2.26. The largest absolute Gasteiger partial charge is 0.497 e. The highest BCUT2D eigenvalue weighted by molar-refractivity contribution is 5.80. The predicted octanol–water partition coefficient (Wildman–Crippen LogP) is 2.61. The highest BCUT2D eigenvalue weighted by atomic mass is 16.5. The van der Waals surface area contributed by atoms with Gasteiger partial charge in [-0.2, -0.15) is 0 Å². The Kier molecular flexibility index (Phi) is 3.05. The lowest BCUT2D eigenvalue weighted by Gasteiger charge is -2.08. The van der Waals surface area contributed by atoms with Crippen LogP contribution in [0.4, 0.5) is 0 Å². The molecule has 0 amide bonds. The second-order valence-corrected chi connectivity index (χ2v) is 4.20. The third-order valence-corrected chi connectivity index (χ3v) is 3.03. The number of ketones is 1. The van der Waals surface area contributed by atoms with Gasteiger partial charge in [-0.15, -0.1) is 0 Å². The zero-order chi connectivity index (χ0) is 10.7. The zero-order valence-corrected chi connectivity index (χ0v) is 9.03. The van der Waals surface area contributed by atoms with Crippen molar-refractivity contribution in [2.24, 2.45) is 5.92 Å². The third-order valence-electron chi connectivity index (χ3n) is 3.03. The van der Waals surface area contributed by atoms with Gasteiger partial charge < -0.3 is 4.74 Å². The Labute approximate surface area is 90.3 Å². The van der Waals surface area contributed by atoms with Crippen LogP contribution in [-0.2, 0) is 11.2 Å². The molecule has 0 bridgehead atoms. The molecule has 0 radical (unpaired) electrons. The van der Waals surface area contributed by atoms with E-state index in [9.17, 15) is 4.79 Å². The number of Topliss-reactive ketones (excluding diaryl/α,β-unsaturated/α-hetero) is 1. The van der Waals surface area contributed by atoms with Crippen molar-refractivity contribution in [2.75, 3.05) is 7.11 Å². The molecule has 1 aliphatic carbocycles. The van der Waals surface area contributed by atoms with Crippen molar-refractivity contribution in [1.82, 2.24) is 0 Å². The smallest absolute Gasteiger partial charge is 0.133 e. The maximum atomic E-state index is 11.1. The summed E-state index contributed by atoms with van der Waals surface area (Å²) in [5, 5.41) is 0. The van der Waals surface area contributed by atoms with E-state index in [0.717, 1.165) is 31.4 Å². The molecule has 1 atom stereocenters. The summed E-state index contributed by atoms with van der Waals surface area (Å²) < 4.78 is 5.10. The van der Waals surface area contributed by atoms with E-state index in [1.807, 2.05) is 12.1 Å². The molecule has 0 aromatic heterocycles. The van der Waals surface area contributed by atoms with Gasteiger partial charge in [0.05, 0.1) is 7.11 Å². The first-order valence-electron chi connectivity index (χ1n) is 5.42. The molecular formula is C13H16O2. The SMILES string of the molecule is COc1ccc(C[C@@H]2CCC(=O)C2)cc1. The molecule has 0 heterocycles. The highest BCUT2D eigenvalue weighted by Gasteiger charge is 2.21. The van der Waals surface area contributed by atoms with Gasteiger partial charge in [0.25, 0.3) is 0 Å². The van der Waals surface area contributed by atoms with Crippen LogP contribution < -0.4 is 4.74 Å². The van der Waals surface area contributed by atoms with Crippen LogP contribution in [0.5, 0.6) is 5.75 Å². The Balaban J connectivity index is 1.96. The van der Waals surface area contributed by atoms with Gasteiger partial charge in [0.15, 0.2) is 0 Å². The molecule has 0 aliphatic heterocycles. The lowest BCUT2D eigenvalue weighted by molar-refractivity contribution is -0.117. The van der Waals surface area contributed by atoms with Gasteiger partial charge in [-0.1, -0.05) is 12.1 Å². The number of benzene rings is 1. The minimum atomic E-state index is 0.425. The molecule has 80 valence electrons. The molecule has 15 heavy (non-hydrogen) atoms. The summed E-state index contributed by atoms with van der Waals surface area (Å²) in [5.41, 5.74) is 1.30. The first-order chi connectivity index (χ1) is 7.28. The molecule has 1 fully saturated rings. The second kappa shape index (κ2) is 4.47. The summed E-state index contributed by atoms with van der Waals surface area (Å²) in [6.07, 6.45) is 3.63. The maximum Gasteiger partial charge on any atom is 0.133 e. The van der Waals surface area contributed by atoms with Crippen molar-refractivity contribution in [2.45, 2.75) is 25.7 Å². The van der Waals surface area contributed by atoms with Gasteiger partial charge in [-0.05, 0) is 36.5 Å². The van der Waals surface area contributed by atoms with Crippen molar-refractivity contribution in [3.05, 3.63) is 29.8 Å². The van der Waals surface area contributed by atoms with Crippen LogP contribution in [0.15, 0.2) is 24.3 Å². The molecule has 1 aromatic rings. The number of hydrogen-bond donors (Lipinski definition) is 0. The standard InChI is InChI=1S/C13H16O2/c1-15-13-6-3-10(4-7-13)8-11-2-5-12(14)9-11/h3-4,6-7,11H,2,5,8-9H2,1H3/t11-/m0/s1. The average Bonchev–Trinajstić information content (AvgIpc) is 2.65. The Morgan fingerprint density at radius 2 is 2.07 bits per heavy atom. The Morgan fingerprint density at radius 3 is 2.60 bits per heavy atom. The van der Waals surface area contributed by atoms with Crippen molar-refractivity contribution in [3.63, 3.8) is 0 Å². The number of ether oxygens (including phenoxy) is 1. The van der Waals surface area contributed by atoms with Crippen molar-refractivity contribution < 1.29 is 9.53 Å². The summed E-state index contributed by atoms with van der Waals surface area (Å²) in [6.45, 7) is 0. The number of rotatable bonds is 3. The van der Waals surface area contributed by atoms with Crippen LogP contribution in [0.3, 0.4) is 0 Å². The Morgan fingerprint density at radius 1 is 1.33 bits per heavy atom. The molecule has 1 saturated carbocycles. The molecule has 1 aliphatic rings. The fraction of sp³-hybridized carbons (Fsp3) is 0.462. The average molecular weight is 204 g/mol. The number of carbonyl (C=O) groups is 1. The fourth-order valence-corrected chi connectivity index (χ4v) is 2.16. The van der Waals surface area contributed by atoms with Crippen molar-refractivity contribution >= 4 is 5.78 Å². The second-order valence-electron chi connectivity index (χ2n) is 4.20. The van der Waals surface area contributed by atoms with Crippen LogP contribution in [-0.4, -0.2) is 12.9 Å². The molecule has 1 aromatic carbocycles. The van der Waals surface area contributed by atoms with Gasteiger partial charge in [-0.3, -0.25) is 4.79 Å². The van der Waals surface area contributed by atoms with E-state index in [-0.39, 0.29) is 0 Å². The summed E-state index contributed by atoms with van der Waals surface area (Å²) in [7, 11) is 1.67. The minimum Gasteiger partial charge on any atom is -0.497 e. The molecule has 2 heteroatoms. The summed E-state index contributed by atoms with van der Waals surface area (Å²) in [6, 6.07) is 8.13. The molecular weight excluding hydrogens is 188 g/mol. The van der Waals surface area contributed by atoms with Crippen LogP contribution in [0, 0.1) is 5.92 Å². The van der Waals surface area contributed by atoms with E-state index in [1.165, 1.54) is 5.56 Å². The van der Waals surface area contributed by atoms with E-state index in [0.29, 0.717) is 11.7 Å². The minimum absolute atomic E-state index is 0.425. The van der Waals surface area contributed by atoms with E-state index >= 15 is 0 Å². The van der Waals surface area contributed by atoms with E-state index in [4.69, 9.17) is 4.74 Å². The molecule has 0 spiro atoms. The summed E-state index contributed by atoms with van der Waals surface area (Å²) >= 11 is 0. The van der Waals surface area contributed by atoms with Crippen LogP contribution in [0.2, 0.25) is 0 Å². The van der Waals surface area contributed by atoms with Crippen molar-refractivity contribution in [1.29, 1.82) is 0 Å². The molecule has 0 saturated heterocycles. The Bertz CT molecular complexity index is 340. The lowest BCUT2D eigenvalue weighted by Crippen LogP contribution is -2.00. The van der Waals surface area contributed by atoms with Gasteiger partial charge >= 0.3 is 0 Å². The topological polar surface area (TPSA) is 26.3 Å². The van der Waals surface area contributed by atoms with Gasteiger partial charge in [-0.25, -0.2) is 0 Å². The number of hydrogen-bond acceptors (Lipinski definition) is 2. The fourth-order valence-electron chi connectivity index (χ4n) is 2.16. The van der Waals surface area contributed by atoms with Gasteiger partial charge in [0.1, 0.15) is 11.5 Å². The lowest BCUT2D eigenvalue weighted by atomic mass is 9.98. The van der Waals surface area contributed by atoms with E-state index in [1.54, 1.807) is 7.11 Å². The van der Waals surface area contributed by atoms with Crippen LogP contribution >= 0.6 is 0 Å². The zero-order valence-electron chi connectivity index (χ0n) is 9.03. The normalized spacial score (nSPS) is 20.6. The number of methoxy groups -OCH3 is 1. The first kappa shape index (κ1) is 10.2. The summed E-state index contributed by atoms with van der Waals surface area (Å²) in [4.78, 5) is 11.1. The van der Waals surface area contributed by atoms with Crippen molar-refractivity contribution in [3.8, 4) is 5.75 Å². The first-order valence-corrected chi connectivity index (χ1v) is 5.42. The monoisotopic (exact) mass is 204 g/mol. The van der Waals surface area contributed by atoms with Crippen LogP contribution in [0.1, 0.15) is 24.8 Å². The summed E-state index contributed by atoms with van der Waals surface area (Å²) in [5.74, 6) is 1.88. The van der Waals surface area contributed by atoms with Crippen LogP contribution in [0.25, 0.3) is 0 Å². The van der Waals surface area contributed by atoms with Gasteiger partial charge in [0.2, 0.25) is 0 Å². The molecule has 2 nitrogen and oxygen atoms in total. The molecule has 0 unspecified atom stereocenters. The van der Waals surface area contributed by atoms with E-state index < -0.39 is 0 Å². The molecule has 0 N–H and O–H groups in total. The van der Waals surface area contributed by atoms with Gasteiger partial charge in [0, 0.05) is 12.8 Å². The maximum absolute atomic E-state index is 11.1.